The van der Waals surface area contributed by atoms with Crippen LogP contribution in [-0.4, -0.2) is 20.7 Å². The molecule has 0 aliphatic rings. The zero-order valence-corrected chi connectivity index (χ0v) is 10.4. The molecule has 102 valence electrons. The number of rotatable bonds is 5. The number of halogens is 3. The summed E-state index contributed by atoms with van der Waals surface area (Å²) >= 11 is 0. The highest BCUT2D eigenvalue weighted by Crippen LogP contribution is 2.29. The second-order valence-electron chi connectivity index (χ2n) is 3.84. The molecule has 0 atom stereocenters. The Morgan fingerprint density at radius 1 is 1.06 bits per heavy atom. The zero-order chi connectivity index (χ0) is 13.8. The average molecular weight is 281 g/mol. The summed E-state index contributed by atoms with van der Waals surface area (Å²) in [7, 11) is -3.52. The normalized spacial score (nSPS) is 12.7. The summed E-state index contributed by atoms with van der Waals surface area (Å²) in [6.07, 6.45) is -3.48. The van der Waals surface area contributed by atoms with Gasteiger partial charge in [-0.25, -0.2) is 8.42 Å². The van der Waals surface area contributed by atoms with Gasteiger partial charge in [-0.05, 0) is 43.7 Å². The predicted molar refractivity (Wildman–Crippen MR) is 61.8 cm³/mol. The Hall–Kier alpha value is -1.08. The second kappa shape index (κ2) is 5.71. The minimum Gasteiger partial charge on any atom is -0.330 e. The molecule has 1 aromatic carbocycles. The Kier molecular flexibility index (Phi) is 4.75. The van der Waals surface area contributed by atoms with Crippen LogP contribution in [-0.2, 0) is 16.0 Å². The first-order valence-electron chi connectivity index (χ1n) is 5.37. The van der Waals surface area contributed by atoms with Gasteiger partial charge in [0.05, 0.1) is 16.2 Å². The van der Waals surface area contributed by atoms with E-state index in [0.29, 0.717) is 19.4 Å². The molecule has 0 fully saturated rings. The van der Waals surface area contributed by atoms with Crippen LogP contribution in [0.1, 0.15) is 18.4 Å². The summed E-state index contributed by atoms with van der Waals surface area (Å²) in [5.41, 5.74) is 4.39. The van der Waals surface area contributed by atoms with Gasteiger partial charge in [-0.2, -0.15) is 13.2 Å². The molecule has 0 spiro atoms. The largest absolute Gasteiger partial charge is 0.416 e. The molecule has 0 amide bonds. The van der Waals surface area contributed by atoms with Gasteiger partial charge in [0.2, 0.25) is 0 Å². The van der Waals surface area contributed by atoms with Crippen LogP contribution in [0.5, 0.6) is 0 Å². The van der Waals surface area contributed by atoms with Gasteiger partial charge in [-0.1, -0.05) is 0 Å². The molecule has 7 heteroatoms. The molecule has 1 rings (SSSR count). The van der Waals surface area contributed by atoms with E-state index in [2.05, 4.69) is 0 Å². The third-order valence-corrected chi connectivity index (χ3v) is 4.22. The lowest BCUT2D eigenvalue weighted by atomic mass is 10.2. The Morgan fingerprint density at radius 2 is 1.61 bits per heavy atom. The summed E-state index contributed by atoms with van der Waals surface area (Å²) in [4.78, 5) is -0.0903. The Morgan fingerprint density at radius 3 is 2.06 bits per heavy atom. The SMILES string of the molecule is NCCCCS(=O)(=O)c1ccc(C(F)(F)F)cc1. The van der Waals surface area contributed by atoms with E-state index in [1.165, 1.54) is 0 Å². The minimum absolute atomic E-state index is 0.0903. The molecule has 0 saturated carbocycles. The lowest BCUT2D eigenvalue weighted by Crippen LogP contribution is -2.10. The summed E-state index contributed by atoms with van der Waals surface area (Å²) in [6, 6.07) is 3.52. The highest BCUT2D eigenvalue weighted by Gasteiger charge is 2.30. The van der Waals surface area contributed by atoms with Gasteiger partial charge in [0.25, 0.3) is 0 Å². The molecule has 0 aliphatic heterocycles. The number of hydrogen-bond acceptors (Lipinski definition) is 3. The van der Waals surface area contributed by atoms with Crippen molar-refractivity contribution >= 4 is 9.84 Å². The van der Waals surface area contributed by atoms with E-state index in [9.17, 15) is 21.6 Å². The lowest BCUT2D eigenvalue weighted by Gasteiger charge is -2.08. The zero-order valence-electron chi connectivity index (χ0n) is 9.57. The van der Waals surface area contributed by atoms with Crippen molar-refractivity contribution in [1.82, 2.24) is 0 Å². The highest BCUT2D eigenvalue weighted by atomic mass is 32.2. The van der Waals surface area contributed by atoms with Crippen LogP contribution in [0.4, 0.5) is 13.2 Å². The maximum absolute atomic E-state index is 12.3. The molecule has 0 unspecified atom stereocenters. The summed E-state index contributed by atoms with van der Waals surface area (Å²) in [5, 5.41) is 0. The van der Waals surface area contributed by atoms with E-state index in [1.54, 1.807) is 0 Å². The third kappa shape index (κ3) is 3.99. The Balaban J connectivity index is 2.85. The minimum atomic E-state index is -4.46. The number of nitrogens with two attached hydrogens (primary N) is 1. The summed E-state index contributed by atoms with van der Waals surface area (Å²) in [6.45, 7) is 0.391. The molecule has 0 aromatic heterocycles. The number of sulfone groups is 1. The van der Waals surface area contributed by atoms with Crippen LogP contribution in [0.25, 0.3) is 0 Å². The first kappa shape index (κ1) is 15.0. The van der Waals surface area contributed by atoms with E-state index in [4.69, 9.17) is 5.73 Å². The molecule has 0 heterocycles. The molecule has 3 nitrogen and oxygen atoms in total. The Labute approximate surface area is 104 Å². The van der Waals surface area contributed by atoms with Gasteiger partial charge in [-0.3, -0.25) is 0 Å². The molecule has 0 radical (unpaired) electrons. The number of unbranched alkanes of at least 4 members (excludes halogenated alkanes) is 1. The first-order valence-corrected chi connectivity index (χ1v) is 7.02. The van der Waals surface area contributed by atoms with Gasteiger partial charge in [0.15, 0.2) is 9.84 Å². The van der Waals surface area contributed by atoms with Crippen LogP contribution < -0.4 is 5.73 Å². The van der Waals surface area contributed by atoms with E-state index < -0.39 is 21.6 Å². The first-order chi connectivity index (χ1) is 8.27. The Bertz CT molecular complexity index is 480. The smallest absolute Gasteiger partial charge is 0.330 e. The van der Waals surface area contributed by atoms with E-state index in [-0.39, 0.29) is 10.6 Å². The van der Waals surface area contributed by atoms with E-state index in [0.717, 1.165) is 24.3 Å². The van der Waals surface area contributed by atoms with Crippen LogP contribution >= 0.6 is 0 Å². The maximum Gasteiger partial charge on any atom is 0.416 e. The second-order valence-corrected chi connectivity index (χ2v) is 5.95. The summed E-state index contributed by atoms with van der Waals surface area (Å²) in [5.74, 6) is -0.102. The van der Waals surface area contributed by atoms with Gasteiger partial charge >= 0.3 is 6.18 Å². The number of alkyl halides is 3. The number of benzene rings is 1. The monoisotopic (exact) mass is 281 g/mol. The van der Waals surface area contributed by atoms with Gasteiger partial charge in [-0.15, -0.1) is 0 Å². The quantitative estimate of drug-likeness (QED) is 0.842. The topological polar surface area (TPSA) is 60.2 Å². The van der Waals surface area contributed by atoms with Crippen molar-refractivity contribution in [2.45, 2.75) is 23.9 Å². The van der Waals surface area contributed by atoms with E-state index in [1.807, 2.05) is 0 Å². The van der Waals surface area contributed by atoms with Crippen molar-refractivity contribution in [1.29, 1.82) is 0 Å². The van der Waals surface area contributed by atoms with Crippen LogP contribution in [0, 0.1) is 0 Å². The van der Waals surface area contributed by atoms with Crippen molar-refractivity contribution in [2.24, 2.45) is 5.73 Å². The molecular weight excluding hydrogens is 267 g/mol. The molecule has 2 N–H and O–H groups in total. The van der Waals surface area contributed by atoms with Crippen molar-refractivity contribution < 1.29 is 21.6 Å². The van der Waals surface area contributed by atoms with Crippen LogP contribution in [0.15, 0.2) is 29.2 Å². The highest BCUT2D eigenvalue weighted by molar-refractivity contribution is 7.91. The maximum atomic E-state index is 12.3. The van der Waals surface area contributed by atoms with Crippen molar-refractivity contribution in [3.05, 3.63) is 29.8 Å². The molecule has 0 bridgehead atoms. The fourth-order valence-corrected chi connectivity index (χ4v) is 2.78. The van der Waals surface area contributed by atoms with Crippen LogP contribution in [0.2, 0.25) is 0 Å². The molecule has 18 heavy (non-hydrogen) atoms. The van der Waals surface area contributed by atoms with Crippen molar-refractivity contribution in [2.75, 3.05) is 12.3 Å². The third-order valence-electron chi connectivity index (χ3n) is 2.41. The molecular formula is C11H14F3NO2S. The average Bonchev–Trinajstić information content (AvgIpc) is 2.28. The van der Waals surface area contributed by atoms with Crippen LogP contribution in [0.3, 0.4) is 0 Å². The van der Waals surface area contributed by atoms with Crippen molar-refractivity contribution in [3.8, 4) is 0 Å². The molecule has 0 saturated heterocycles. The number of hydrogen-bond donors (Lipinski definition) is 1. The standard InChI is InChI=1S/C11H14F3NO2S/c12-11(13,14)9-3-5-10(6-4-9)18(16,17)8-2-1-7-15/h3-6H,1-2,7-8,15H2. The summed E-state index contributed by atoms with van der Waals surface area (Å²) < 4.78 is 60.4. The predicted octanol–water partition coefficient (Wildman–Crippen LogP) is 2.22. The van der Waals surface area contributed by atoms with Gasteiger partial charge < -0.3 is 5.73 Å². The fraction of sp³-hybridized carbons (Fsp3) is 0.455. The molecule has 1 aromatic rings. The van der Waals surface area contributed by atoms with Crippen molar-refractivity contribution in [3.63, 3.8) is 0 Å². The van der Waals surface area contributed by atoms with Gasteiger partial charge in [0.1, 0.15) is 0 Å². The van der Waals surface area contributed by atoms with E-state index >= 15 is 0 Å². The molecule has 0 aliphatic carbocycles. The fourth-order valence-electron chi connectivity index (χ4n) is 1.41. The van der Waals surface area contributed by atoms with Gasteiger partial charge in [0, 0.05) is 0 Å². The lowest BCUT2D eigenvalue weighted by molar-refractivity contribution is -0.137.